The molecule has 6 nitrogen and oxygen atoms in total. The number of nitrogens with one attached hydrogen (secondary N) is 1. The summed E-state index contributed by atoms with van der Waals surface area (Å²) in [6, 6.07) is 14.3. The Morgan fingerprint density at radius 3 is 2.63 bits per heavy atom. The van der Waals surface area contributed by atoms with E-state index >= 15 is 0 Å². The molecule has 0 aliphatic rings. The summed E-state index contributed by atoms with van der Waals surface area (Å²) >= 11 is 3.32. The normalized spacial score (nSPS) is 11.1. The van der Waals surface area contributed by atoms with E-state index in [9.17, 15) is 9.90 Å². The van der Waals surface area contributed by atoms with Gasteiger partial charge < -0.3 is 5.11 Å². The summed E-state index contributed by atoms with van der Waals surface area (Å²) in [5.41, 5.74) is 6.61. The molecule has 0 atom stereocenters. The molecule has 3 rings (SSSR count). The largest absolute Gasteiger partial charge is 0.507 e. The van der Waals surface area contributed by atoms with E-state index in [0.29, 0.717) is 17.7 Å². The van der Waals surface area contributed by atoms with E-state index in [0.717, 1.165) is 21.4 Å². The van der Waals surface area contributed by atoms with Crippen molar-refractivity contribution in [2.75, 3.05) is 0 Å². The number of phenolic OH excluding ortho intramolecular Hbond substituents is 1. The first-order chi connectivity index (χ1) is 12.9. The summed E-state index contributed by atoms with van der Waals surface area (Å²) in [7, 11) is 0. The van der Waals surface area contributed by atoms with Crippen LogP contribution in [0.1, 0.15) is 32.9 Å². The fourth-order valence-corrected chi connectivity index (χ4v) is 3.00. The van der Waals surface area contributed by atoms with Gasteiger partial charge in [-0.1, -0.05) is 28.1 Å². The van der Waals surface area contributed by atoms with Crippen LogP contribution in [0.5, 0.6) is 5.75 Å². The van der Waals surface area contributed by atoms with Crippen LogP contribution in [0.2, 0.25) is 0 Å². The lowest BCUT2D eigenvalue weighted by atomic mass is 10.1. The van der Waals surface area contributed by atoms with Gasteiger partial charge in [0.05, 0.1) is 18.5 Å². The number of nitrogens with zero attached hydrogens (tertiary/aromatic N) is 3. The van der Waals surface area contributed by atoms with Crippen molar-refractivity contribution in [1.82, 2.24) is 15.2 Å². The molecule has 2 N–H and O–H groups in total. The number of carbonyl (C=O) groups excluding carboxylic acids is 1. The first kappa shape index (κ1) is 18.8. The molecule has 0 saturated carbocycles. The molecule has 138 valence electrons. The number of aromatic nitrogens is 2. The standard InChI is InChI=1S/C20H19BrN4O2/c1-13-9-14(2)25(24-13)12-15-3-5-16(6-4-15)20(27)23-22-11-17-10-18(21)7-8-19(17)26/h3-11,26H,12H2,1-2H3,(H,23,27)/b22-11+. The van der Waals surface area contributed by atoms with Crippen molar-refractivity contribution < 1.29 is 9.90 Å². The lowest BCUT2D eigenvalue weighted by Gasteiger charge is -2.06. The summed E-state index contributed by atoms with van der Waals surface area (Å²) in [5.74, 6) is -0.233. The van der Waals surface area contributed by atoms with Crippen molar-refractivity contribution in [3.63, 3.8) is 0 Å². The van der Waals surface area contributed by atoms with Gasteiger partial charge in [0, 0.05) is 21.3 Å². The Balaban J connectivity index is 1.62. The maximum absolute atomic E-state index is 12.2. The Morgan fingerprint density at radius 1 is 1.22 bits per heavy atom. The van der Waals surface area contributed by atoms with Gasteiger partial charge in [-0.05, 0) is 55.8 Å². The predicted molar refractivity (Wildman–Crippen MR) is 108 cm³/mol. The predicted octanol–water partition coefficient (Wildman–Crippen LogP) is 3.78. The van der Waals surface area contributed by atoms with Gasteiger partial charge in [-0.2, -0.15) is 10.2 Å². The molecule has 2 aromatic carbocycles. The van der Waals surface area contributed by atoms with Gasteiger partial charge in [-0.3, -0.25) is 9.48 Å². The van der Waals surface area contributed by atoms with Crippen LogP contribution < -0.4 is 5.43 Å². The van der Waals surface area contributed by atoms with Crippen molar-refractivity contribution in [1.29, 1.82) is 0 Å². The molecule has 0 aliphatic carbocycles. The third kappa shape index (κ3) is 4.83. The molecule has 1 heterocycles. The second-order valence-corrected chi connectivity index (χ2v) is 7.10. The Bertz CT molecular complexity index is 994. The SMILES string of the molecule is Cc1cc(C)n(Cc2ccc(C(=O)N/N=C/c3cc(Br)ccc3O)cc2)n1. The minimum absolute atomic E-state index is 0.0877. The number of amides is 1. The molecular weight excluding hydrogens is 408 g/mol. The molecule has 0 radical (unpaired) electrons. The first-order valence-electron chi connectivity index (χ1n) is 8.34. The highest BCUT2D eigenvalue weighted by Crippen LogP contribution is 2.20. The fourth-order valence-electron chi connectivity index (χ4n) is 2.62. The summed E-state index contributed by atoms with van der Waals surface area (Å²) in [4.78, 5) is 12.2. The van der Waals surface area contributed by atoms with Crippen molar-refractivity contribution in [2.24, 2.45) is 5.10 Å². The average Bonchev–Trinajstić information content (AvgIpc) is 2.95. The van der Waals surface area contributed by atoms with Crippen molar-refractivity contribution in [2.45, 2.75) is 20.4 Å². The monoisotopic (exact) mass is 426 g/mol. The quantitative estimate of drug-likeness (QED) is 0.481. The van der Waals surface area contributed by atoms with Gasteiger partial charge in [0.15, 0.2) is 0 Å². The second kappa shape index (κ2) is 8.18. The number of phenols is 1. The fraction of sp³-hybridized carbons (Fsp3) is 0.150. The minimum Gasteiger partial charge on any atom is -0.507 e. The van der Waals surface area contributed by atoms with E-state index < -0.39 is 0 Å². The summed E-state index contributed by atoms with van der Waals surface area (Å²) in [5, 5.41) is 18.1. The van der Waals surface area contributed by atoms with Crippen LogP contribution in [0.25, 0.3) is 0 Å². The van der Waals surface area contributed by atoms with Crippen LogP contribution >= 0.6 is 15.9 Å². The third-order valence-electron chi connectivity index (χ3n) is 4.01. The van der Waals surface area contributed by atoms with Crippen LogP contribution in [0, 0.1) is 13.8 Å². The summed E-state index contributed by atoms with van der Waals surface area (Å²) in [6.45, 7) is 4.64. The molecule has 7 heteroatoms. The molecule has 0 aliphatic heterocycles. The molecule has 1 aromatic heterocycles. The number of aryl methyl sites for hydroxylation is 2. The lowest BCUT2D eigenvalue weighted by molar-refractivity contribution is 0.0955. The van der Waals surface area contributed by atoms with Crippen LogP contribution in [0.4, 0.5) is 0 Å². The summed E-state index contributed by atoms with van der Waals surface area (Å²) in [6.07, 6.45) is 1.40. The minimum atomic E-state index is -0.321. The van der Waals surface area contributed by atoms with Gasteiger partial charge in [0.1, 0.15) is 5.75 Å². The number of hydrogen-bond donors (Lipinski definition) is 2. The Kier molecular flexibility index (Phi) is 5.71. The van der Waals surface area contributed by atoms with Crippen molar-refractivity contribution in [3.8, 4) is 5.75 Å². The zero-order chi connectivity index (χ0) is 19.4. The average molecular weight is 427 g/mol. The topological polar surface area (TPSA) is 79.5 Å². The van der Waals surface area contributed by atoms with Crippen LogP contribution in [-0.4, -0.2) is 27.0 Å². The number of aromatic hydroxyl groups is 1. The summed E-state index contributed by atoms with van der Waals surface area (Å²) < 4.78 is 2.74. The molecule has 0 bridgehead atoms. The molecular formula is C20H19BrN4O2. The zero-order valence-electron chi connectivity index (χ0n) is 15.0. The zero-order valence-corrected chi connectivity index (χ0v) is 16.6. The van der Waals surface area contributed by atoms with Crippen LogP contribution in [0.3, 0.4) is 0 Å². The van der Waals surface area contributed by atoms with Crippen LogP contribution in [-0.2, 0) is 6.54 Å². The smallest absolute Gasteiger partial charge is 0.271 e. The second-order valence-electron chi connectivity index (χ2n) is 6.18. The number of rotatable bonds is 5. The Labute approximate surface area is 165 Å². The van der Waals surface area contributed by atoms with Gasteiger partial charge in [0.25, 0.3) is 5.91 Å². The van der Waals surface area contributed by atoms with E-state index in [1.165, 1.54) is 6.21 Å². The van der Waals surface area contributed by atoms with Crippen molar-refractivity contribution in [3.05, 3.63) is 81.1 Å². The lowest BCUT2D eigenvalue weighted by Crippen LogP contribution is -2.17. The van der Waals surface area contributed by atoms with E-state index in [4.69, 9.17) is 0 Å². The van der Waals surface area contributed by atoms with Gasteiger partial charge >= 0.3 is 0 Å². The Morgan fingerprint density at radius 2 is 1.96 bits per heavy atom. The molecule has 0 spiro atoms. The molecule has 0 saturated heterocycles. The molecule has 27 heavy (non-hydrogen) atoms. The number of hydrazone groups is 1. The first-order valence-corrected chi connectivity index (χ1v) is 9.13. The number of hydrogen-bond acceptors (Lipinski definition) is 4. The van der Waals surface area contributed by atoms with Crippen molar-refractivity contribution >= 4 is 28.1 Å². The molecule has 1 amide bonds. The third-order valence-corrected chi connectivity index (χ3v) is 4.50. The molecule has 0 unspecified atom stereocenters. The number of benzene rings is 2. The van der Waals surface area contributed by atoms with E-state index in [1.807, 2.05) is 36.7 Å². The van der Waals surface area contributed by atoms with Crippen LogP contribution in [0.15, 0.2) is 58.1 Å². The van der Waals surface area contributed by atoms with E-state index in [-0.39, 0.29) is 11.7 Å². The maximum Gasteiger partial charge on any atom is 0.271 e. The molecule has 0 fully saturated rings. The van der Waals surface area contributed by atoms with Gasteiger partial charge in [0.2, 0.25) is 0 Å². The Hall–Kier alpha value is -2.93. The maximum atomic E-state index is 12.2. The number of carbonyl (C=O) groups is 1. The van der Waals surface area contributed by atoms with Gasteiger partial charge in [-0.15, -0.1) is 0 Å². The van der Waals surface area contributed by atoms with E-state index in [1.54, 1.807) is 30.3 Å². The highest BCUT2D eigenvalue weighted by Gasteiger charge is 2.06. The molecule has 3 aromatic rings. The van der Waals surface area contributed by atoms with E-state index in [2.05, 4.69) is 31.6 Å². The highest BCUT2D eigenvalue weighted by atomic mass is 79.9. The highest BCUT2D eigenvalue weighted by molar-refractivity contribution is 9.10. The van der Waals surface area contributed by atoms with Gasteiger partial charge in [-0.25, -0.2) is 5.43 Å². The number of halogens is 1.